The molecule has 5 heteroatoms. The highest BCUT2D eigenvalue weighted by atomic mass is 32.2. The van der Waals surface area contributed by atoms with Crippen molar-refractivity contribution in [2.75, 3.05) is 19.3 Å². The first-order valence-electron chi connectivity index (χ1n) is 3.41. The van der Waals surface area contributed by atoms with Crippen LogP contribution in [0.4, 0.5) is 0 Å². The molecule has 0 spiro atoms. The molecular weight excluding hydrogens is 130 g/mol. The molecule has 50 valence electrons. The lowest BCUT2D eigenvalue weighted by Crippen LogP contribution is -2.18. The Morgan fingerprint density at radius 3 is 2.88 bits per heavy atom. The molecule has 0 aromatic rings. The summed E-state index contributed by atoms with van der Waals surface area (Å²) in [6.45, 7) is -2.64. The molecule has 0 atom stereocenters. The van der Waals surface area contributed by atoms with Gasteiger partial charge in [-0.3, -0.25) is 4.55 Å². The maximum atomic E-state index is 10.0. The Labute approximate surface area is 52.9 Å². The van der Waals surface area contributed by atoms with E-state index in [1.54, 1.807) is 0 Å². The third-order valence-electron chi connectivity index (χ3n) is 0.485. The highest BCUT2D eigenvalue weighted by Crippen LogP contribution is 1.76. The van der Waals surface area contributed by atoms with Gasteiger partial charge >= 0.3 is 0 Å². The summed E-state index contributed by atoms with van der Waals surface area (Å²) in [5.74, 6) is -0.592. The molecule has 8 heavy (non-hydrogen) atoms. The van der Waals surface area contributed by atoms with Crippen LogP contribution >= 0.6 is 0 Å². The molecule has 0 aromatic carbocycles. The highest BCUT2D eigenvalue weighted by Gasteiger charge is 1.99. The monoisotopic (exact) mass is 142 g/mol. The molecule has 4 nitrogen and oxygen atoms in total. The van der Waals surface area contributed by atoms with Crippen molar-refractivity contribution < 1.29 is 17.1 Å². The van der Waals surface area contributed by atoms with Crippen LogP contribution in [0.5, 0.6) is 0 Å². The van der Waals surface area contributed by atoms with Gasteiger partial charge < -0.3 is 5.32 Å². The molecule has 0 saturated carbocycles. The average molecular weight is 142 g/mol. The summed E-state index contributed by atoms with van der Waals surface area (Å²) >= 11 is 0. The van der Waals surface area contributed by atoms with Crippen molar-refractivity contribution >= 4 is 10.1 Å². The van der Waals surface area contributed by atoms with Crippen LogP contribution in [0.25, 0.3) is 0 Å². The van der Waals surface area contributed by atoms with E-state index in [2.05, 4.69) is 0 Å². The van der Waals surface area contributed by atoms with Gasteiger partial charge in [-0.1, -0.05) is 0 Å². The summed E-state index contributed by atoms with van der Waals surface area (Å²) in [6.07, 6.45) is 0. The quantitative estimate of drug-likeness (QED) is 0.501. The van der Waals surface area contributed by atoms with E-state index in [9.17, 15) is 8.42 Å². The van der Waals surface area contributed by atoms with Crippen LogP contribution < -0.4 is 5.32 Å². The van der Waals surface area contributed by atoms with Crippen molar-refractivity contribution in [3.8, 4) is 0 Å². The summed E-state index contributed by atoms with van der Waals surface area (Å²) in [5.41, 5.74) is 0. The molecule has 0 aliphatic rings. The van der Waals surface area contributed by atoms with Gasteiger partial charge in [0.1, 0.15) is 0 Å². The summed E-state index contributed by atoms with van der Waals surface area (Å²) in [6, 6.07) is 0. The van der Waals surface area contributed by atoms with Gasteiger partial charge in [0.05, 0.1) is 5.75 Å². The van der Waals surface area contributed by atoms with Crippen LogP contribution in [-0.2, 0) is 10.1 Å². The van der Waals surface area contributed by atoms with E-state index in [0.717, 1.165) is 0 Å². The molecule has 0 aliphatic heterocycles. The maximum Gasteiger partial charge on any atom is 0.266 e. The maximum absolute atomic E-state index is 10.0. The van der Waals surface area contributed by atoms with Crippen molar-refractivity contribution in [1.29, 1.82) is 0 Å². The van der Waals surface area contributed by atoms with Gasteiger partial charge in [-0.2, -0.15) is 8.42 Å². The molecule has 0 saturated heterocycles. The minimum absolute atomic E-state index is 0.282. The van der Waals surface area contributed by atoms with Crippen molar-refractivity contribution in [1.82, 2.24) is 5.32 Å². The molecule has 0 heterocycles. The van der Waals surface area contributed by atoms with E-state index >= 15 is 0 Å². The summed E-state index contributed by atoms with van der Waals surface area (Å²) in [7, 11) is -4.06. The summed E-state index contributed by atoms with van der Waals surface area (Å²) in [5, 5.41) is 1.94. The van der Waals surface area contributed by atoms with Crippen molar-refractivity contribution in [2.24, 2.45) is 0 Å². The Bertz CT molecular complexity index is 208. The third kappa shape index (κ3) is 5.87. The number of nitrogens with one attached hydrogen (secondary N) is 1. The minimum atomic E-state index is -4.06. The Balaban J connectivity index is 3.61. The van der Waals surface area contributed by atoms with E-state index in [0.29, 0.717) is 0 Å². The Hall–Kier alpha value is -0.130. The normalized spacial score (nSPS) is 18.9. The number of hydrogen-bond acceptors (Lipinski definition) is 3. The van der Waals surface area contributed by atoms with Gasteiger partial charge in [0.25, 0.3) is 10.1 Å². The zero-order valence-corrected chi connectivity index (χ0v) is 4.90. The molecule has 0 radical (unpaired) electrons. The van der Waals surface area contributed by atoms with Gasteiger partial charge in [0, 0.05) is 10.7 Å². The second-order valence-corrected chi connectivity index (χ2v) is 2.78. The number of hydrogen-bond donors (Lipinski definition) is 2. The summed E-state index contributed by atoms with van der Waals surface area (Å²) < 4.78 is 48.0. The Kier molecular flexibility index (Phi) is 1.43. The van der Waals surface area contributed by atoms with Crippen LogP contribution in [0.3, 0.4) is 0 Å². The molecule has 0 fully saturated rings. The lowest BCUT2D eigenvalue weighted by atomic mass is 10.8. The second-order valence-electron chi connectivity index (χ2n) is 1.21. The Morgan fingerprint density at radius 1 is 1.88 bits per heavy atom. The fraction of sp³-hybridized carbons (Fsp3) is 1.00. The van der Waals surface area contributed by atoms with Gasteiger partial charge in [-0.15, -0.1) is 0 Å². The highest BCUT2D eigenvalue weighted by molar-refractivity contribution is 7.85. The van der Waals surface area contributed by atoms with Crippen LogP contribution in [-0.4, -0.2) is 32.2 Å². The molecule has 0 rings (SSSR count). The predicted molar refractivity (Wildman–Crippen MR) is 30.3 cm³/mol. The van der Waals surface area contributed by atoms with Crippen molar-refractivity contribution in [2.45, 2.75) is 0 Å². The first-order valence-corrected chi connectivity index (χ1v) is 3.52. The molecule has 0 aromatic heterocycles. The van der Waals surface area contributed by atoms with Crippen LogP contribution in [0, 0.1) is 0 Å². The molecule has 0 unspecified atom stereocenters. The molecule has 0 bridgehead atoms. The van der Waals surface area contributed by atoms with Crippen molar-refractivity contribution in [3.05, 3.63) is 0 Å². The molecule has 0 aliphatic carbocycles. The average Bonchev–Trinajstić information content (AvgIpc) is 1.55. The fourth-order valence-corrected chi connectivity index (χ4v) is 0.540. The van der Waals surface area contributed by atoms with Crippen LogP contribution in [0.1, 0.15) is 4.11 Å². The topological polar surface area (TPSA) is 66.4 Å². The van der Waals surface area contributed by atoms with Crippen LogP contribution in [0.2, 0.25) is 0 Å². The Morgan fingerprint density at radius 2 is 2.50 bits per heavy atom. The SMILES string of the molecule is [2H]C([2H])([2H])NCCS(=O)(=O)O. The largest absolute Gasteiger partial charge is 0.319 e. The first kappa shape index (κ1) is 3.81. The molecular formula is C3H9NO3S. The van der Waals surface area contributed by atoms with Gasteiger partial charge in [0.15, 0.2) is 0 Å². The standard InChI is InChI=1S/C3H9NO3S/c1-4-2-3-8(5,6)7/h4H,2-3H2,1H3,(H,5,6,7)/i1D3. The zero-order valence-electron chi connectivity index (χ0n) is 7.09. The van der Waals surface area contributed by atoms with E-state index in [1.807, 2.05) is 5.32 Å². The van der Waals surface area contributed by atoms with Gasteiger partial charge in [-0.25, -0.2) is 0 Å². The first-order chi connectivity index (χ1) is 4.71. The lowest BCUT2D eigenvalue weighted by Gasteiger charge is -1.92. The summed E-state index contributed by atoms with van der Waals surface area (Å²) in [4.78, 5) is 0. The lowest BCUT2D eigenvalue weighted by molar-refractivity contribution is 0.482. The zero-order chi connectivity index (χ0) is 9.12. The predicted octanol–water partition coefficient (Wildman–Crippen LogP) is -0.906. The van der Waals surface area contributed by atoms with Crippen molar-refractivity contribution in [3.63, 3.8) is 0 Å². The van der Waals surface area contributed by atoms with E-state index in [1.165, 1.54) is 0 Å². The molecule has 2 N–H and O–H groups in total. The molecule has 0 amide bonds. The fourth-order valence-electron chi connectivity index (χ4n) is 0.180. The van der Waals surface area contributed by atoms with E-state index in [4.69, 9.17) is 8.67 Å². The van der Waals surface area contributed by atoms with Gasteiger partial charge in [-0.05, 0) is 6.98 Å². The van der Waals surface area contributed by atoms with E-state index in [-0.39, 0.29) is 6.54 Å². The smallest absolute Gasteiger partial charge is 0.266 e. The minimum Gasteiger partial charge on any atom is -0.319 e. The third-order valence-corrected chi connectivity index (χ3v) is 1.21. The van der Waals surface area contributed by atoms with Gasteiger partial charge in [0.2, 0.25) is 0 Å². The second kappa shape index (κ2) is 3.01. The number of rotatable bonds is 3. The van der Waals surface area contributed by atoms with E-state index < -0.39 is 22.8 Å². The van der Waals surface area contributed by atoms with Crippen LogP contribution in [0.15, 0.2) is 0 Å².